The first-order valence-corrected chi connectivity index (χ1v) is 6.19. The summed E-state index contributed by atoms with van der Waals surface area (Å²) < 4.78 is 13.0. The highest BCUT2D eigenvalue weighted by Gasteiger charge is 2.26. The molecule has 2 heteroatoms. The van der Waals surface area contributed by atoms with Crippen molar-refractivity contribution in [2.24, 2.45) is 5.92 Å². The van der Waals surface area contributed by atoms with Gasteiger partial charge in [0.05, 0.1) is 0 Å². The zero-order valence-corrected chi connectivity index (χ0v) is 9.70. The van der Waals surface area contributed by atoms with E-state index in [1.54, 1.807) is 12.2 Å². The van der Waals surface area contributed by atoms with Gasteiger partial charge < -0.3 is 5.32 Å². The predicted octanol–water partition coefficient (Wildman–Crippen LogP) is 3.30. The smallest absolute Gasteiger partial charge is 0.118 e. The minimum absolute atomic E-state index is 0.106. The van der Waals surface area contributed by atoms with Crippen LogP contribution in [0.2, 0.25) is 0 Å². The highest BCUT2D eigenvalue weighted by Crippen LogP contribution is 2.33. The van der Waals surface area contributed by atoms with E-state index in [0.717, 1.165) is 19.4 Å². The second-order valence-corrected chi connectivity index (χ2v) is 4.73. The van der Waals surface area contributed by atoms with Crippen LogP contribution in [0, 0.1) is 5.92 Å². The molecule has 0 aromatic heterocycles. The number of hydrogen-bond acceptors (Lipinski definition) is 1. The van der Waals surface area contributed by atoms with Crippen LogP contribution in [-0.2, 0) is 6.42 Å². The van der Waals surface area contributed by atoms with Gasteiger partial charge in [0, 0.05) is 12.0 Å². The van der Waals surface area contributed by atoms with E-state index in [2.05, 4.69) is 29.6 Å². The third-order valence-electron chi connectivity index (χ3n) is 3.66. The normalized spacial score (nSPS) is 27.5. The van der Waals surface area contributed by atoms with Gasteiger partial charge in [-0.2, -0.15) is 0 Å². The first kappa shape index (κ1) is 10.7. The molecule has 0 radical (unpaired) electrons. The van der Waals surface area contributed by atoms with Gasteiger partial charge in [-0.15, -0.1) is 0 Å². The molecule has 1 aliphatic carbocycles. The molecule has 1 unspecified atom stereocenters. The molecule has 1 N–H and O–H groups in total. The lowest BCUT2D eigenvalue weighted by Crippen LogP contribution is -2.34. The Morgan fingerprint density at radius 3 is 2.94 bits per heavy atom. The third-order valence-corrected chi connectivity index (χ3v) is 3.66. The maximum absolute atomic E-state index is 13.0. The van der Waals surface area contributed by atoms with Crippen LogP contribution in [0.5, 0.6) is 0 Å². The lowest BCUT2D eigenvalue weighted by Gasteiger charge is -2.32. The van der Waals surface area contributed by atoms with Gasteiger partial charge in [0.25, 0.3) is 0 Å². The molecular formula is C15H16FN. The lowest BCUT2D eigenvalue weighted by atomic mass is 9.83. The van der Waals surface area contributed by atoms with Crippen LogP contribution >= 0.6 is 0 Å². The summed E-state index contributed by atoms with van der Waals surface area (Å²) in [5.74, 6) is 0.265. The third kappa shape index (κ3) is 2.05. The van der Waals surface area contributed by atoms with E-state index in [1.165, 1.54) is 11.1 Å². The van der Waals surface area contributed by atoms with Gasteiger partial charge in [0.15, 0.2) is 0 Å². The molecule has 2 atom stereocenters. The Morgan fingerprint density at radius 1 is 1.24 bits per heavy atom. The largest absolute Gasteiger partial charge is 0.309 e. The summed E-state index contributed by atoms with van der Waals surface area (Å²) >= 11 is 0. The van der Waals surface area contributed by atoms with Gasteiger partial charge in [0.2, 0.25) is 0 Å². The van der Waals surface area contributed by atoms with Crippen molar-refractivity contribution in [2.45, 2.75) is 18.9 Å². The first-order chi connectivity index (χ1) is 8.34. The average molecular weight is 229 g/mol. The quantitative estimate of drug-likeness (QED) is 0.779. The van der Waals surface area contributed by atoms with Gasteiger partial charge >= 0.3 is 0 Å². The molecule has 1 nitrogen and oxygen atoms in total. The molecule has 88 valence electrons. The second-order valence-electron chi connectivity index (χ2n) is 4.73. The molecule has 1 heterocycles. The van der Waals surface area contributed by atoms with Gasteiger partial charge in [-0.05, 0) is 42.7 Å². The van der Waals surface area contributed by atoms with Crippen LogP contribution in [0.3, 0.4) is 0 Å². The predicted molar refractivity (Wildman–Crippen MR) is 67.3 cm³/mol. The molecule has 0 spiro atoms. The minimum Gasteiger partial charge on any atom is -0.309 e. The van der Waals surface area contributed by atoms with Crippen LogP contribution in [0.1, 0.15) is 23.6 Å². The molecule has 0 fully saturated rings. The van der Waals surface area contributed by atoms with Crippen LogP contribution in [0.15, 0.2) is 48.3 Å². The fourth-order valence-corrected chi connectivity index (χ4v) is 2.78. The molecule has 2 aliphatic rings. The highest BCUT2D eigenvalue weighted by molar-refractivity contribution is 5.34. The fraction of sp³-hybridized carbons (Fsp3) is 0.333. The summed E-state index contributed by atoms with van der Waals surface area (Å²) in [4.78, 5) is 0. The molecular weight excluding hydrogens is 213 g/mol. The molecule has 17 heavy (non-hydrogen) atoms. The van der Waals surface area contributed by atoms with Crippen molar-refractivity contribution < 1.29 is 4.39 Å². The Bertz CT molecular complexity index is 476. The lowest BCUT2D eigenvalue weighted by molar-refractivity contribution is 0.399. The second kappa shape index (κ2) is 4.46. The fourth-order valence-electron chi connectivity index (χ4n) is 2.78. The SMILES string of the molecule is FC1=CCC([C@H]2NCCc3ccccc32)C=C1. The first-order valence-electron chi connectivity index (χ1n) is 6.19. The number of benzene rings is 1. The van der Waals surface area contributed by atoms with Crippen LogP contribution < -0.4 is 5.32 Å². The van der Waals surface area contributed by atoms with Crippen molar-refractivity contribution in [2.75, 3.05) is 6.54 Å². The summed E-state index contributed by atoms with van der Waals surface area (Å²) in [5, 5.41) is 3.56. The van der Waals surface area contributed by atoms with E-state index in [4.69, 9.17) is 0 Å². The Kier molecular flexibility index (Phi) is 2.81. The van der Waals surface area contributed by atoms with E-state index >= 15 is 0 Å². The summed E-state index contributed by atoms with van der Waals surface area (Å²) in [6, 6.07) is 8.90. The van der Waals surface area contributed by atoms with Crippen molar-refractivity contribution in [3.63, 3.8) is 0 Å². The molecule has 0 amide bonds. The van der Waals surface area contributed by atoms with Gasteiger partial charge in [-0.1, -0.05) is 30.3 Å². The monoisotopic (exact) mass is 229 g/mol. The molecule has 1 aromatic carbocycles. The molecule has 1 aliphatic heterocycles. The highest BCUT2D eigenvalue weighted by atomic mass is 19.1. The average Bonchev–Trinajstić information content (AvgIpc) is 2.39. The molecule has 3 rings (SSSR count). The van der Waals surface area contributed by atoms with Crippen LogP contribution in [0.25, 0.3) is 0 Å². The van der Waals surface area contributed by atoms with E-state index in [9.17, 15) is 4.39 Å². The van der Waals surface area contributed by atoms with E-state index < -0.39 is 0 Å². The maximum atomic E-state index is 13.0. The Hall–Kier alpha value is -1.41. The van der Waals surface area contributed by atoms with E-state index in [0.29, 0.717) is 12.0 Å². The number of hydrogen-bond donors (Lipinski definition) is 1. The molecule has 1 aromatic rings. The summed E-state index contributed by atoms with van der Waals surface area (Å²) in [5.41, 5.74) is 2.81. The molecule has 0 bridgehead atoms. The Balaban J connectivity index is 1.89. The minimum atomic E-state index is -0.106. The topological polar surface area (TPSA) is 12.0 Å². The number of fused-ring (bicyclic) bond motifs is 1. The number of allylic oxidation sites excluding steroid dienone is 3. The molecule has 0 saturated heterocycles. The standard InChI is InChI=1S/C15H16FN/c16-13-7-5-12(6-8-13)15-14-4-2-1-3-11(14)9-10-17-15/h1-5,7-8,12,15,17H,6,9-10H2/t12?,15-/m1/s1. The zero-order valence-electron chi connectivity index (χ0n) is 9.70. The number of nitrogens with one attached hydrogen (secondary N) is 1. The van der Waals surface area contributed by atoms with Crippen molar-refractivity contribution >= 4 is 0 Å². The Labute approximate surface area is 101 Å². The van der Waals surface area contributed by atoms with Crippen molar-refractivity contribution in [1.29, 1.82) is 0 Å². The van der Waals surface area contributed by atoms with Gasteiger partial charge in [-0.25, -0.2) is 4.39 Å². The van der Waals surface area contributed by atoms with E-state index in [-0.39, 0.29) is 5.83 Å². The van der Waals surface area contributed by atoms with Crippen LogP contribution in [0.4, 0.5) is 4.39 Å². The number of halogens is 1. The van der Waals surface area contributed by atoms with Crippen molar-refractivity contribution in [3.05, 3.63) is 59.4 Å². The Morgan fingerprint density at radius 2 is 2.12 bits per heavy atom. The van der Waals surface area contributed by atoms with Crippen molar-refractivity contribution in [1.82, 2.24) is 5.32 Å². The summed E-state index contributed by atoms with van der Waals surface area (Å²) in [6.07, 6.45) is 7.15. The van der Waals surface area contributed by atoms with Gasteiger partial charge in [0.1, 0.15) is 5.83 Å². The molecule has 0 saturated carbocycles. The van der Waals surface area contributed by atoms with Crippen molar-refractivity contribution in [3.8, 4) is 0 Å². The van der Waals surface area contributed by atoms with Gasteiger partial charge in [-0.3, -0.25) is 0 Å². The maximum Gasteiger partial charge on any atom is 0.118 e. The summed E-state index contributed by atoms with van der Waals surface area (Å²) in [6.45, 7) is 1.01. The van der Waals surface area contributed by atoms with E-state index in [1.807, 2.05) is 6.08 Å². The van der Waals surface area contributed by atoms with Crippen LogP contribution in [-0.4, -0.2) is 6.54 Å². The zero-order chi connectivity index (χ0) is 11.7. The summed E-state index contributed by atoms with van der Waals surface area (Å²) in [7, 11) is 0. The number of rotatable bonds is 1.